The van der Waals surface area contributed by atoms with Gasteiger partial charge in [0.05, 0.1) is 17.5 Å². The van der Waals surface area contributed by atoms with Crippen LogP contribution < -0.4 is 11.1 Å². The number of nitrogens with two attached hydrogens (primary N) is 1. The average molecular weight is 709 g/mol. The fourth-order valence-corrected chi connectivity index (χ4v) is 12.1. The summed E-state index contributed by atoms with van der Waals surface area (Å²) in [7, 11) is -0.881. The van der Waals surface area contributed by atoms with Crippen molar-refractivity contribution in [2.45, 2.75) is 89.9 Å². The number of aliphatic imine (C=N–C) groups is 1. The van der Waals surface area contributed by atoms with Gasteiger partial charge < -0.3 is 26.3 Å². The minimum atomic E-state index is -1.34. The molecule has 0 bridgehead atoms. The van der Waals surface area contributed by atoms with Gasteiger partial charge in [0, 0.05) is 57.7 Å². The van der Waals surface area contributed by atoms with Gasteiger partial charge >= 0.3 is 5.97 Å². The predicted molar refractivity (Wildman–Crippen MR) is 193 cm³/mol. The second-order valence-corrected chi connectivity index (χ2v) is 17.4. The molecule has 0 spiro atoms. The highest BCUT2D eigenvalue weighted by atomic mass is 32.2. The molecule has 3 saturated carbocycles. The van der Waals surface area contributed by atoms with Gasteiger partial charge in [0.2, 0.25) is 5.12 Å². The summed E-state index contributed by atoms with van der Waals surface area (Å²) in [5, 5.41) is 22.4. The number of thioether (sulfide) groups is 1. The molecule has 0 aromatic heterocycles. The molecule has 9 atom stereocenters. The first kappa shape index (κ1) is 35.7. The van der Waals surface area contributed by atoms with Crippen molar-refractivity contribution >= 4 is 57.2 Å². The highest BCUT2D eigenvalue weighted by Crippen LogP contribution is 2.69. The van der Waals surface area contributed by atoms with Crippen LogP contribution in [0.25, 0.3) is 0 Å². The second kappa shape index (κ2) is 13.9. The van der Waals surface area contributed by atoms with Gasteiger partial charge in [-0.3, -0.25) is 18.6 Å². The third kappa shape index (κ3) is 6.26. The van der Waals surface area contributed by atoms with Crippen molar-refractivity contribution in [1.82, 2.24) is 5.32 Å². The summed E-state index contributed by atoms with van der Waals surface area (Å²) < 4.78 is 17.9. The lowest BCUT2D eigenvalue weighted by Gasteiger charge is -2.60. The Labute approximate surface area is 295 Å². The Bertz CT molecular complexity index is 1660. The molecule has 1 heterocycles. The molecule has 10 nitrogen and oxygen atoms in total. The van der Waals surface area contributed by atoms with Crippen molar-refractivity contribution in [2.75, 3.05) is 17.3 Å². The number of nitrogens with zero attached hydrogens (tertiary/aromatic N) is 1. The summed E-state index contributed by atoms with van der Waals surface area (Å²) in [5.74, 6) is 0.790. The molecule has 12 heteroatoms. The zero-order chi connectivity index (χ0) is 35.1. The van der Waals surface area contributed by atoms with E-state index in [9.17, 15) is 23.7 Å². The van der Waals surface area contributed by atoms with E-state index in [-0.39, 0.29) is 52.4 Å². The highest BCUT2D eigenvalue weighted by molar-refractivity contribution is 8.14. The number of fused-ring (bicyclic) bond motifs is 5. The maximum Gasteiger partial charge on any atom is 0.306 e. The van der Waals surface area contributed by atoms with E-state index in [0.717, 1.165) is 42.3 Å². The number of aliphatic hydroxyl groups is 1. The number of aliphatic hydroxyl groups excluding tert-OH is 1. The molecule has 1 aromatic carbocycles. The Morgan fingerprint density at radius 1 is 1.24 bits per heavy atom. The van der Waals surface area contributed by atoms with E-state index in [1.165, 1.54) is 11.8 Å². The molecule has 5 unspecified atom stereocenters. The fraction of sp³-hybridized carbons (Fsp3) is 0.595. The number of carbonyl (C=O) groups excluding carboxylic acids is 3. The summed E-state index contributed by atoms with van der Waals surface area (Å²) in [4.78, 5) is 44.6. The number of hydrogen-bond donors (Lipinski definition) is 4. The average Bonchev–Trinajstić information content (AvgIpc) is 3.62. The molecule has 1 aromatic rings. The Hall–Kier alpha value is -3.09. The topological polar surface area (TPSA) is 172 Å². The van der Waals surface area contributed by atoms with Gasteiger partial charge in [-0.2, -0.15) is 0 Å². The van der Waals surface area contributed by atoms with E-state index in [4.69, 9.17) is 20.9 Å². The van der Waals surface area contributed by atoms with Gasteiger partial charge in [-0.1, -0.05) is 44.2 Å². The van der Waals surface area contributed by atoms with Crippen molar-refractivity contribution < 1.29 is 28.4 Å². The Morgan fingerprint density at radius 3 is 2.73 bits per heavy atom. The Balaban J connectivity index is 1.28. The lowest BCUT2D eigenvalue weighted by Crippen LogP contribution is -2.62. The maximum absolute atomic E-state index is 13.8. The van der Waals surface area contributed by atoms with Crippen molar-refractivity contribution in [3.8, 4) is 0 Å². The normalized spacial score (nSPS) is 38.2. The largest absolute Gasteiger partial charge is 0.449 e. The van der Waals surface area contributed by atoms with Gasteiger partial charge in [0.15, 0.2) is 5.60 Å². The van der Waals surface area contributed by atoms with Gasteiger partial charge in [0.25, 0.3) is 5.91 Å². The summed E-state index contributed by atoms with van der Waals surface area (Å²) >= 11 is 1.02. The van der Waals surface area contributed by atoms with Crippen LogP contribution in [0.5, 0.6) is 0 Å². The van der Waals surface area contributed by atoms with E-state index in [0.29, 0.717) is 48.4 Å². The second-order valence-electron chi connectivity index (χ2n) is 14.8. The van der Waals surface area contributed by atoms with Crippen LogP contribution in [0.3, 0.4) is 0 Å². The zero-order valence-electron chi connectivity index (χ0n) is 28.5. The SMILES string of the molecule is CCC(=O)O[C@]1(C(=O)SCC=N)CCC2[C@@H]3CCC4=CC(=Nc5cccc(C(=O)NC6CCS(=O)C6)c5)C(=CN)C[C@]4(C)C3C(O)C[C@@]21C. The van der Waals surface area contributed by atoms with Crippen molar-refractivity contribution in [2.24, 2.45) is 39.3 Å². The molecule has 6 rings (SSSR count). The first-order chi connectivity index (χ1) is 23.4. The summed E-state index contributed by atoms with van der Waals surface area (Å²) in [5.41, 5.74) is 7.75. The van der Waals surface area contributed by atoms with Crippen LogP contribution in [0.15, 0.2) is 52.7 Å². The van der Waals surface area contributed by atoms with Gasteiger partial charge in [-0.15, -0.1) is 0 Å². The lowest BCUT2D eigenvalue weighted by molar-refractivity contribution is -0.196. The number of ether oxygens (including phenoxy) is 1. The van der Waals surface area contributed by atoms with Crippen LogP contribution in [-0.4, -0.2) is 73.2 Å². The minimum absolute atomic E-state index is 0.0759. The first-order valence-corrected chi connectivity index (χ1v) is 19.9. The van der Waals surface area contributed by atoms with Gasteiger partial charge in [-0.05, 0) is 104 Å². The molecule has 1 amide bonds. The molecular formula is C37H48N4O6S2. The number of rotatable bonds is 8. The van der Waals surface area contributed by atoms with Crippen molar-refractivity contribution in [3.05, 3.63) is 53.3 Å². The molecular weight excluding hydrogens is 661 g/mol. The maximum atomic E-state index is 13.8. The van der Waals surface area contributed by atoms with Crippen LogP contribution >= 0.6 is 11.8 Å². The molecule has 264 valence electrons. The molecule has 1 aliphatic heterocycles. The van der Waals surface area contributed by atoms with E-state index < -0.39 is 33.9 Å². The number of nitrogens with one attached hydrogen (secondary N) is 2. The van der Waals surface area contributed by atoms with E-state index in [1.54, 1.807) is 25.3 Å². The van der Waals surface area contributed by atoms with Gasteiger partial charge in [-0.25, -0.2) is 4.99 Å². The molecule has 5 N–H and O–H groups in total. The van der Waals surface area contributed by atoms with E-state index >= 15 is 0 Å². The summed E-state index contributed by atoms with van der Waals surface area (Å²) in [6.45, 7) is 5.97. The minimum Gasteiger partial charge on any atom is -0.449 e. The number of hydrogen-bond acceptors (Lipinski definition) is 10. The molecule has 4 fully saturated rings. The van der Waals surface area contributed by atoms with Crippen LogP contribution in [0.2, 0.25) is 0 Å². The summed E-state index contributed by atoms with van der Waals surface area (Å²) in [6.07, 6.45) is 8.74. The quantitative estimate of drug-likeness (QED) is 0.216. The van der Waals surface area contributed by atoms with E-state index in [1.807, 2.05) is 19.1 Å². The number of amides is 1. The smallest absolute Gasteiger partial charge is 0.306 e. The van der Waals surface area contributed by atoms with E-state index in [2.05, 4.69) is 18.3 Å². The zero-order valence-corrected chi connectivity index (χ0v) is 30.2. The molecule has 0 radical (unpaired) electrons. The molecule has 5 aliphatic rings. The Kier molecular flexibility index (Phi) is 10.1. The lowest BCUT2D eigenvalue weighted by atomic mass is 9.45. The highest BCUT2D eigenvalue weighted by Gasteiger charge is 2.70. The predicted octanol–water partition coefficient (Wildman–Crippen LogP) is 5.00. The number of allylic oxidation sites excluding steroid dienone is 3. The van der Waals surface area contributed by atoms with Gasteiger partial charge in [0.1, 0.15) is 0 Å². The molecule has 49 heavy (non-hydrogen) atoms. The molecule has 4 aliphatic carbocycles. The number of carbonyl (C=O) groups is 3. The fourth-order valence-electron chi connectivity index (χ4n) is 9.87. The van der Waals surface area contributed by atoms with Crippen LogP contribution in [-0.2, 0) is 25.1 Å². The molecule has 1 saturated heterocycles. The number of esters is 1. The first-order valence-electron chi connectivity index (χ1n) is 17.4. The summed E-state index contributed by atoms with van der Waals surface area (Å²) in [6, 6.07) is 7.09. The standard InChI is InChI=1S/C37H48N4O6S2/c1-4-31(43)47-37(34(45)48-14-13-38)12-10-28-27-9-8-24-17-29(23(20-39)18-35(24,2)32(27)30(42)19-36(28,37)3)40-25-7-5-6-22(16-25)33(44)41-26-11-15-49(46)21-26/h5-7,13,16-17,20,26-28,30,32,38,42H,4,8-12,14-15,18-19,21,39H2,1-3H3,(H,41,44)/t26?,27-,28?,30?,32?,35-,36-,37-,49?/m0/s1. The van der Waals surface area contributed by atoms with Crippen LogP contribution in [0.1, 0.15) is 82.5 Å². The van der Waals surface area contributed by atoms with Crippen molar-refractivity contribution in [3.63, 3.8) is 0 Å². The van der Waals surface area contributed by atoms with Crippen LogP contribution in [0.4, 0.5) is 5.69 Å². The third-order valence-corrected chi connectivity index (χ3v) is 14.6. The Morgan fingerprint density at radius 2 is 2.04 bits per heavy atom. The van der Waals surface area contributed by atoms with Crippen molar-refractivity contribution in [1.29, 1.82) is 5.41 Å². The number of benzene rings is 1. The monoisotopic (exact) mass is 708 g/mol. The van der Waals surface area contributed by atoms with Crippen LogP contribution in [0, 0.1) is 34.0 Å². The third-order valence-electron chi connectivity index (χ3n) is 12.2.